The number of aliphatic hydroxyl groups is 1. The van der Waals surface area contributed by atoms with Crippen LogP contribution in [0.4, 0.5) is 0 Å². The lowest BCUT2D eigenvalue weighted by molar-refractivity contribution is 0.0689. The maximum absolute atomic E-state index is 11.0. The second-order valence-electron chi connectivity index (χ2n) is 7.15. The SMILES string of the molecule is CCc1nc2sc(C(c3ccc(OC)c(OC)c3)N3CCC(O)CC3)c(O)n2n1. The molecule has 0 aliphatic carbocycles. The van der Waals surface area contributed by atoms with Crippen LogP contribution in [0.1, 0.15) is 42.1 Å². The van der Waals surface area contributed by atoms with Crippen molar-refractivity contribution in [1.29, 1.82) is 0 Å². The first-order chi connectivity index (χ1) is 14.0. The second-order valence-corrected chi connectivity index (χ2v) is 8.16. The number of benzene rings is 1. The van der Waals surface area contributed by atoms with Crippen LogP contribution < -0.4 is 9.47 Å². The van der Waals surface area contributed by atoms with Crippen LogP contribution in [0, 0.1) is 0 Å². The van der Waals surface area contributed by atoms with Crippen molar-refractivity contribution in [2.24, 2.45) is 0 Å². The molecule has 2 N–H and O–H groups in total. The summed E-state index contributed by atoms with van der Waals surface area (Å²) in [5.41, 5.74) is 0.981. The van der Waals surface area contributed by atoms with Crippen LogP contribution in [0.25, 0.3) is 4.96 Å². The molecule has 1 saturated heterocycles. The van der Waals surface area contributed by atoms with Crippen molar-refractivity contribution in [3.05, 3.63) is 34.5 Å². The number of aliphatic hydroxyl groups excluding tert-OH is 1. The van der Waals surface area contributed by atoms with E-state index in [4.69, 9.17) is 9.47 Å². The van der Waals surface area contributed by atoms with Gasteiger partial charge in [-0.15, -0.1) is 5.10 Å². The molecule has 29 heavy (non-hydrogen) atoms. The van der Waals surface area contributed by atoms with E-state index in [1.807, 2.05) is 25.1 Å². The molecule has 1 fully saturated rings. The Hall–Kier alpha value is -2.36. The predicted molar refractivity (Wildman–Crippen MR) is 110 cm³/mol. The fraction of sp³-hybridized carbons (Fsp3) is 0.500. The first kappa shape index (κ1) is 19.9. The molecule has 8 nitrogen and oxygen atoms in total. The van der Waals surface area contributed by atoms with Gasteiger partial charge in [-0.3, -0.25) is 4.90 Å². The summed E-state index contributed by atoms with van der Waals surface area (Å²) in [4.78, 5) is 8.25. The van der Waals surface area contributed by atoms with E-state index in [9.17, 15) is 10.2 Å². The molecular formula is C20H26N4O4S. The van der Waals surface area contributed by atoms with Gasteiger partial charge < -0.3 is 19.7 Å². The van der Waals surface area contributed by atoms with Gasteiger partial charge in [0, 0.05) is 19.5 Å². The first-order valence-corrected chi connectivity index (χ1v) is 10.6. The molecule has 3 heterocycles. The lowest BCUT2D eigenvalue weighted by Gasteiger charge is -2.36. The Morgan fingerprint density at radius 3 is 2.55 bits per heavy atom. The minimum absolute atomic E-state index is 0.114. The molecule has 0 saturated carbocycles. The average molecular weight is 419 g/mol. The number of ether oxygens (including phenoxy) is 2. The number of hydrogen-bond donors (Lipinski definition) is 2. The number of methoxy groups -OCH3 is 2. The predicted octanol–water partition coefficient (Wildman–Crippen LogP) is 2.62. The van der Waals surface area contributed by atoms with Crippen LogP contribution >= 0.6 is 11.3 Å². The van der Waals surface area contributed by atoms with Gasteiger partial charge in [0.25, 0.3) is 0 Å². The zero-order valence-electron chi connectivity index (χ0n) is 16.8. The molecule has 1 aromatic carbocycles. The Morgan fingerprint density at radius 2 is 1.93 bits per heavy atom. The molecule has 1 unspecified atom stereocenters. The summed E-state index contributed by atoms with van der Waals surface area (Å²) in [6.07, 6.45) is 1.84. The van der Waals surface area contributed by atoms with E-state index in [1.54, 1.807) is 14.2 Å². The molecule has 3 aromatic rings. The minimum Gasteiger partial charge on any atom is -0.493 e. The summed E-state index contributed by atoms with van der Waals surface area (Å²) in [7, 11) is 3.22. The number of nitrogens with zero attached hydrogens (tertiary/aromatic N) is 4. The Morgan fingerprint density at radius 1 is 1.21 bits per heavy atom. The largest absolute Gasteiger partial charge is 0.493 e. The molecule has 1 aliphatic rings. The summed E-state index contributed by atoms with van der Waals surface area (Å²) < 4.78 is 12.4. The van der Waals surface area contributed by atoms with Crippen LogP contribution in [0.5, 0.6) is 17.4 Å². The van der Waals surface area contributed by atoms with Gasteiger partial charge in [0.15, 0.2) is 17.3 Å². The maximum atomic E-state index is 11.0. The summed E-state index contributed by atoms with van der Waals surface area (Å²) in [5, 5.41) is 25.3. The number of hydrogen-bond acceptors (Lipinski definition) is 8. The van der Waals surface area contributed by atoms with Gasteiger partial charge in [0.1, 0.15) is 0 Å². The van der Waals surface area contributed by atoms with Gasteiger partial charge in [-0.05, 0) is 30.5 Å². The zero-order chi connectivity index (χ0) is 20.5. The van der Waals surface area contributed by atoms with Crippen LogP contribution in [-0.2, 0) is 6.42 Å². The number of likely N-dealkylation sites (tertiary alicyclic amines) is 1. The third-order valence-corrected chi connectivity index (χ3v) is 6.47. The third kappa shape index (κ3) is 3.65. The molecule has 2 aromatic heterocycles. The van der Waals surface area contributed by atoms with Gasteiger partial charge in [-0.1, -0.05) is 24.3 Å². The van der Waals surface area contributed by atoms with E-state index in [0.29, 0.717) is 41.5 Å². The molecule has 156 valence electrons. The monoisotopic (exact) mass is 418 g/mol. The molecule has 1 aliphatic heterocycles. The Kier molecular flexibility index (Phi) is 5.62. The number of fused-ring (bicyclic) bond motifs is 1. The summed E-state index contributed by atoms with van der Waals surface area (Å²) in [6, 6.07) is 5.62. The fourth-order valence-corrected chi connectivity index (χ4v) is 4.95. The van der Waals surface area contributed by atoms with Gasteiger partial charge in [0.2, 0.25) is 10.8 Å². The number of aryl methyl sites for hydroxylation is 1. The van der Waals surface area contributed by atoms with Crippen LogP contribution in [0.15, 0.2) is 18.2 Å². The summed E-state index contributed by atoms with van der Waals surface area (Å²) >= 11 is 1.44. The molecule has 9 heteroatoms. The maximum Gasteiger partial charge on any atom is 0.230 e. The quantitative estimate of drug-likeness (QED) is 0.636. The van der Waals surface area contributed by atoms with E-state index < -0.39 is 0 Å². The highest BCUT2D eigenvalue weighted by Crippen LogP contribution is 2.42. The number of aromatic nitrogens is 3. The number of piperidine rings is 1. The molecule has 0 spiro atoms. The van der Waals surface area contributed by atoms with Crippen molar-refractivity contribution >= 4 is 16.3 Å². The van der Waals surface area contributed by atoms with E-state index in [2.05, 4.69) is 15.0 Å². The lowest BCUT2D eigenvalue weighted by atomic mass is 9.99. The van der Waals surface area contributed by atoms with Gasteiger partial charge in [0.05, 0.1) is 31.2 Å². The van der Waals surface area contributed by atoms with Crippen molar-refractivity contribution in [3.63, 3.8) is 0 Å². The highest BCUT2D eigenvalue weighted by Gasteiger charge is 2.32. The molecule has 0 bridgehead atoms. The van der Waals surface area contributed by atoms with E-state index in [-0.39, 0.29) is 18.0 Å². The molecule has 0 amide bonds. The van der Waals surface area contributed by atoms with E-state index in [1.165, 1.54) is 15.9 Å². The Bertz CT molecular complexity index is 994. The standard InChI is InChI=1S/C20H26N4O4S/c1-4-16-21-20-24(22-16)19(26)18(29-20)17(23-9-7-13(25)8-10-23)12-5-6-14(27-2)15(11-12)28-3/h5-6,11,13,17,25-26H,4,7-10H2,1-3H3. The topological polar surface area (TPSA) is 92.4 Å². The van der Waals surface area contributed by atoms with Gasteiger partial charge in [-0.25, -0.2) is 4.98 Å². The highest BCUT2D eigenvalue weighted by molar-refractivity contribution is 7.17. The minimum atomic E-state index is -0.277. The number of aromatic hydroxyl groups is 1. The van der Waals surface area contributed by atoms with Crippen molar-refractivity contribution in [3.8, 4) is 17.4 Å². The fourth-order valence-electron chi connectivity index (χ4n) is 3.81. The average Bonchev–Trinajstić information content (AvgIpc) is 3.28. The Labute approximate surface area is 173 Å². The smallest absolute Gasteiger partial charge is 0.230 e. The van der Waals surface area contributed by atoms with Crippen LogP contribution in [-0.4, -0.2) is 63.1 Å². The van der Waals surface area contributed by atoms with Crippen molar-refractivity contribution < 1.29 is 19.7 Å². The van der Waals surface area contributed by atoms with Gasteiger partial charge in [-0.2, -0.15) is 4.52 Å². The molecule has 0 radical (unpaired) electrons. The summed E-state index contributed by atoms with van der Waals surface area (Å²) in [5.74, 6) is 2.12. The molecular weight excluding hydrogens is 392 g/mol. The van der Waals surface area contributed by atoms with Crippen LogP contribution in [0.3, 0.4) is 0 Å². The lowest BCUT2D eigenvalue weighted by Crippen LogP contribution is -2.38. The summed E-state index contributed by atoms with van der Waals surface area (Å²) in [6.45, 7) is 3.45. The first-order valence-electron chi connectivity index (χ1n) is 9.77. The van der Waals surface area contributed by atoms with Crippen molar-refractivity contribution in [2.45, 2.75) is 38.3 Å². The number of thiazole rings is 1. The van der Waals surface area contributed by atoms with E-state index in [0.717, 1.165) is 23.5 Å². The third-order valence-electron chi connectivity index (χ3n) is 5.40. The zero-order valence-corrected chi connectivity index (χ0v) is 17.6. The van der Waals surface area contributed by atoms with Crippen molar-refractivity contribution in [2.75, 3.05) is 27.3 Å². The van der Waals surface area contributed by atoms with E-state index >= 15 is 0 Å². The van der Waals surface area contributed by atoms with Crippen LogP contribution in [0.2, 0.25) is 0 Å². The normalized spacial score (nSPS) is 17.0. The highest BCUT2D eigenvalue weighted by atomic mass is 32.1. The molecule has 1 atom stereocenters. The molecule has 4 rings (SSSR count). The Balaban J connectivity index is 1.81. The van der Waals surface area contributed by atoms with Gasteiger partial charge >= 0.3 is 0 Å². The van der Waals surface area contributed by atoms with Crippen molar-refractivity contribution in [1.82, 2.24) is 19.5 Å². The number of rotatable bonds is 6. The second kappa shape index (κ2) is 8.17.